The van der Waals surface area contributed by atoms with Crippen LogP contribution in [0.4, 0.5) is 5.69 Å². The molecule has 2 rings (SSSR count). The van der Waals surface area contributed by atoms with E-state index in [2.05, 4.69) is 17.6 Å². The summed E-state index contributed by atoms with van der Waals surface area (Å²) < 4.78 is 0. The zero-order valence-electron chi connectivity index (χ0n) is 10.0. The van der Waals surface area contributed by atoms with E-state index in [4.69, 9.17) is 11.6 Å². The van der Waals surface area contributed by atoms with E-state index in [0.717, 1.165) is 15.6 Å². The van der Waals surface area contributed by atoms with Crippen molar-refractivity contribution < 1.29 is 0 Å². The van der Waals surface area contributed by atoms with Gasteiger partial charge in [-0.3, -0.25) is 0 Å². The van der Waals surface area contributed by atoms with Crippen LogP contribution in [0.2, 0.25) is 5.02 Å². The summed E-state index contributed by atoms with van der Waals surface area (Å²) >= 11 is 11.8. The number of thioether (sulfide) groups is 1. The molecule has 2 aromatic rings. The Morgan fingerprint density at radius 1 is 1.05 bits per heavy atom. The van der Waals surface area contributed by atoms with Crippen LogP contribution in [0.3, 0.4) is 0 Å². The predicted octanol–water partition coefficient (Wildman–Crippen LogP) is 5.61. The molecule has 0 bridgehead atoms. The Morgan fingerprint density at radius 3 is 2.42 bits per heavy atom. The quantitative estimate of drug-likeness (QED) is 0.335. The summed E-state index contributed by atoms with van der Waals surface area (Å²) in [4.78, 5) is 5.49. The van der Waals surface area contributed by atoms with Crippen molar-refractivity contribution in [1.82, 2.24) is 0 Å². The third-order valence-electron chi connectivity index (χ3n) is 2.23. The molecule has 0 radical (unpaired) electrons. The fraction of sp³-hybridized carbons (Fsp3) is 0. The minimum atomic E-state index is 0.674. The Morgan fingerprint density at radius 2 is 1.74 bits per heavy atom. The lowest BCUT2D eigenvalue weighted by molar-refractivity contribution is 1.47. The highest BCUT2D eigenvalue weighted by Crippen LogP contribution is 2.21. The largest absolute Gasteiger partial charge is 0.242 e. The Hall–Kier alpha value is -1.16. The predicted molar refractivity (Wildman–Crippen MR) is 89.0 cm³/mol. The molecule has 0 spiro atoms. The molecule has 0 aromatic heterocycles. The summed E-state index contributed by atoms with van der Waals surface area (Å²) in [5.74, 6) is 0. The maximum Gasteiger partial charge on any atom is 0.0941 e. The van der Waals surface area contributed by atoms with Crippen molar-refractivity contribution >= 4 is 46.7 Å². The number of aliphatic imine (C=N–C) groups is 1. The molecule has 0 saturated heterocycles. The Kier molecular flexibility index (Phi) is 5.58. The van der Waals surface area contributed by atoms with E-state index in [1.165, 1.54) is 0 Å². The molecule has 0 aliphatic heterocycles. The van der Waals surface area contributed by atoms with Gasteiger partial charge in [0.2, 0.25) is 0 Å². The van der Waals surface area contributed by atoms with Gasteiger partial charge in [-0.1, -0.05) is 41.6 Å². The second-order valence-corrected chi connectivity index (χ2v) is 5.55. The zero-order chi connectivity index (χ0) is 13.5. The summed E-state index contributed by atoms with van der Waals surface area (Å²) in [5, 5.41) is 3.37. The molecule has 19 heavy (non-hydrogen) atoms. The van der Waals surface area contributed by atoms with Gasteiger partial charge in [0, 0.05) is 9.92 Å². The van der Waals surface area contributed by atoms with Gasteiger partial charge in [0.05, 0.1) is 10.7 Å². The SMILES string of the molecule is SC(C=CSc1ccc(Cl)cc1)=Nc1ccccc1. The molecule has 96 valence electrons. The number of benzene rings is 2. The number of thiol groups is 1. The molecule has 0 aliphatic carbocycles. The second-order valence-electron chi connectivity index (χ2n) is 3.68. The van der Waals surface area contributed by atoms with Gasteiger partial charge in [0.1, 0.15) is 0 Å². The maximum atomic E-state index is 5.83. The number of para-hydroxylation sites is 1. The van der Waals surface area contributed by atoms with Crippen LogP contribution in [0.1, 0.15) is 0 Å². The van der Waals surface area contributed by atoms with Crippen molar-refractivity contribution in [2.24, 2.45) is 4.99 Å². The van der Waals surface area contributed by atoms with Crippen molar-refractivity contribution in [2.45, 2.75) is 4.90 Å². The molecule has 1 nitrogen and oxygen atoms in total. The van der Waals surface area contributed by atoms with E-state index >= 15 is 0 Å². The van der Waals surface area contributed by atoms with Crippen molar-refractivity contribution in [3.05, 3.63) is 71.1 Å². The number of rotatable bonds is 4. The summed E-state index contributed by atoms with van der Waals surface area (Å²) in [7, 11) is 0. The zero-order valence-corrected chi connectivity index (χ0v) is 12.5. The molecular weight excluding hydrogens is 294 g/mol. The van der Waals surface area contributed by atoms with Crippen LogP contribution in [0.25, 0.3) is 0 Å². The Labute approximate surface area is 127 Å². The first kappa shape index (κ1) is 14.3. The van der Waals surface area contributed by atoms with Gasteiger partial charge in [0.15, 0.2) is 0 Å². The van der Waals surface area contributed by atoms with E-state index in [0.29, 0.717) is 5.04 Å². The topological polar surface area (TPSA) is 12.4 Å². The summed E-state index contributed by atoms with van der Waals surface area (Å²) in [6.45, 7) is 0. The molecule has 2 aromatic carbocycles. The Balaban J connectivity index is 1.95. The highest BCUT2D eigenvalue weighted by atomic mass is 35.5. The molecule has 0 unspecified atom stereocenters. The van der Waals surface area contributed by atoms with Gasteiger partial charge in [-0.25, -0.2) is 4.99 Å². The molecule has 0 amide bonds. The molecule has 0 aliphatic rings. The van der Waals surface area contributed by atoms with Gasteiger partial charge in [0.25, 0.3) is 0 Å². The van der Waals surface area contributed by atoms with Crippen molar-refractivity contribution in [3.63, 3.8) is 0 Å². The number of hydrogen-bond acceptors (Lipinski definition) is 2. The Bertz CT molecular complexity index is 577. The van der Waals surface area contributed by atoms with Crippen LogP contribution < -0.4 is 0 Å². The van der Waals surface area contributed by atoms with Crippen LogP contribution in [0.5, 0.6) is 0 Å². The lowest BCUT2D eigenvalue weighted by Gasteiger charge is -1.96. The summed E-state index contributed by atoms with van der Waals surface area (Å²) in [6, 6.07) is 17.4. The molecule has 0 atom stereocenters. The molecule has 0 saturated carbocycles. The number of nitrogens with zero attached hydrogens (tertiary/aromatic N) is 1. The van der Waals surface area contributed by atoms with E-state index in [1.54, 1.807) is 11.8 Å². The minimum absolute atomic E-state index is 0.674. The van der Waals surface area contributed by atoms with Crippen LogP contribution in [0, 0.1) is 0 Å². The molecule has 0 fully saturated rings. The van der Waals surface area contributed by atoms with Gasteiger partial charge >= 0.3 is 0 Å². The third-order valence-corrected chi connectivity index (χ3v) is 3.55. The fourth-order valence-corrected chi connectivity index (χ4v) is 2.42. The first-order valence-corrected chi connectivity index (χ1v) is 7.36. The van der Waals surface area contributed by atoms with Crippen molar-refractivity contribution in [2.75, 3.05) is 0 Å². The van der Waals surface area contributed by atoms with Gasteiger partial charge in [-0.05, 0) is 47.9 Å². The monoisotopic (exact) mass is 305 g/mol. The normalized spacial score (nSPS) is 12.0. The summed E-state index contributed by atoms with van der Waals surface area (Å²) in [5.41, 5.74) is 0.897. The van der Waals surface area contributed by atoms with E-state index in [-0.39, 0.29) is 0 Å². The smallest absolute Gasteiger partial charge is 0.0941 e. The highest BCUT2D eigenvalue weighted by molar-refractivity contribution is 8.02. The van der Waals surface area contributed by atoms with Crippen LogP contribution >= 0.6 is 36.0 Å². The molecular formula is C15H12ClNS2. The van der Waals surface area contributed by atoms with E-state index in [1.807, 2.05) is 66.1 Å². The fourth-order valence-electron chi connectivity index (χ4n) is 1.36. The van der Waals surface area contributed by atoms with Crippen molar-refractivity contribution in [3.8, 4) is 0 Å². The molecule has 0 heterocycles. The molecule has 0 N–H and O–H groups in total. The van der Waals surface area contributed by atoms with Crippen LogP contribution in [-0.2, 0) is 0 Å². The standard InChI is InChI=1S/C15H12ClNS2/c16-12-6-8-14(9-7-12)19-11-10-15(18)17-13-4-2-1-3-5-13/h1-11H,(H,17,18). The lowest BCUT2D eigenvalue weighted by Crippen LogP contribution is -1.77. The van der Waals surface area contributed by atoms with E-state index in [9.17, 15) is 0 Å². The second kappa shape index (κ2) is 7.43. The average Bonchev–Trinajstić information content (AvgIpc) is 2.42. The first-order valence-electron chi connectivity index (χ1n) is 5.65. The van der Waals surface area contributed by atoms with Gasteiger partial charge in [-0.2, -0.15) is 0 Å². The molecule has 4 heteroatoms. The maximum absolute atomic E-state index is 5.83. The first-order chi connectivity index (χ1) is 9.24. The number of halogens is 1. The van der Waals surface area contributed by atoms with Gasteiger partial charge in [-0.15, -0.1) is 12.6 Å². The van der Waals surface area contributed by atoms with Crippen LogP contribution in [-0.4, -0.2) is 5.04 Å². The van der Waals surface area contributed by atoms with E-state index < -0.39 is 0 Å². The number of hydrogen-bond donors (Lipinski definition) is 1. The third kappa shape index (κ3) is 5.15. The average molecular weight is 306 g/mol. The van der Waals surface area contributed by atoms with Gasteiger partial charge < -0.3 is 0 Å². The highest BCUT2D eigenvalue weighted by Gasteiger charge is 1.92. The van der Waals surface area contributed by atoms with Crippen molar-refractivity contribution in [1.29, 1.82) is 0 Å². The minimum Gasteiger partial charge on any atom is -0.242 e. The van der Waals surface area contributed by atoms with Crippen LogP contribution in [0.15, 0.2) is 76.0 Å². The lowest BCUT2D eigenvalue weighted by atomic mass is 10.3. The summed E-state index contributed by atoms with van der Waals surface area (Å²) in [6.07, 6.45) is 1.87.